The third kappa shape index (κ3) is 4.31. The van der Waals surface area contributed by atoms with Crippen molar-refractivity contribution in [3.63, 3.8) is 0 Å². The van der Waals surface area contributed by atoms with Crippen LogP contribution in [0.3, 0.4) is 0 Å². The van der Waals surface area contributed by atoms with Gasteiger partial charge in [-0.15, -0.1) is 0 Å². The molecule has 0 heterocycles. The zero-order valence-electron chi connectivity index (χ0n) is 18.5. The van der Waals surface area contributed by atoms with Crippen molar-refractivity contribution in [3.8, 4) is 12.1 Å². The Balaban J connectivity index is 3.26. The summed E-state index contributed by atoms with van der Waals surface area (Å²) in [7, 11) is 0.660. The molecule has 0 atom stereocenters. The zero-order valence-corrected chi connectivity index (χ0v) is 19.3. The van der Waals surface area contributed by atoms with Crippen LogP contribution in [0.15, 0.2) is 41.1 Å². The Kier molecular flexibility index (Phi) is 7.00. The predicted octanol–water partition coefficient (Wildman–Crippen LogP) is 5.79. The van der Waals surface area contributed by atoms with Crippen molar-refractivity contribution < 1.29 is 40.3 Å². The van der Waals surface area contributed by atoms with Gasteiger partial charge in [-0.2, -0.15) is 41.3 Å². The fourth-order valence-electron chi connectivity index (χ4n) is 3.49. The summed E-state index contributed by atoms with van der Waals surface area (Å²) < 4.78 is 103. The summed E-state index contributed by atoms with van der Waals surface area (Å²) in [5.41, 5.74) is -10.7. The van der Waals surface area contributed by atoms with Gasteiger partial charge in [-0.25, -0.2) is 4.79 Å². The summed E-state index contributed by atoms with van der Waals surface area (Å²) in [4.78, 5) is 12.7. The number of carbonyl (C=O) groups excluding carboxylic acids is 1. The van der Waals surface area contributed by atoms with Gasteiger partial charge in [0.05, 0.1) is 36.1 Å². The highest BCUT2D eigenvalue weighted by Crippen LogP contribution is 2.60. The van der Waals surface area contributed by atoms with Crippen molar-refractivity contribution in [2.75, 3.05) is 7.11 Å². The van der Waals surface area contributed by atoms with Crippen molar-refractivity contribution in [2.24, 2.45) is 5.41 Å². The second-order valence-corrected chi connectivity index (χ2v) is 8.87. The number of hydrogen-bond donors (Lipinski definition) is 1. The van der Waals surface area contributed by atoms with Gasteiger partial charge >= 0.3 is 24.0 Å². The molecule has 0 aromatic heterocycles. The van der Waals surface area contributed by atoms with Gasteiger partial charge in [0, 0.05) is 21.7 Å². The number of esters is 1. The van der Waals surface area contributed by atoms with Crippen LogP contribution in [0.25, 0.3) is 5.57 Å². The minimum Gasteiger partial charge on any atom is -0.465 e. The van der Waals surface area contributed by atoms with Crippen LogP contribution in [0.1, 0.15) is 26.3 Å². The van der Waals surface area contributed by atoms with Crippen molar-refractivity contribution >= 4 is 23.1 Å². The van der Waals surface area contributed by atoms with Crippen LogP contribution in [0.2, 0.25) is 5.02 Å². The molecule has 188 valence electrons. The fraction of sp³-hybridized carbons (Fsp3) is 0.409. The highest BCUT2D eigenvalue weighted by Gasteiger charge is 2.77. The van der Waals surface area contributed by atoms with Crippen molar-refractivity contribution in [1.82, 2.24) is 5.32 Å². The molecule has 0 fully saturated rings. The maximum atomic E-state index is 15.3. The quantitative estimate of drug-likeness (QED) is 0.390. The average molecular weight is 524 g/mol. The predicted molar refractivity (Wildman–Crippen MR) is 110 cm³/mol. The number of carbonyl (C=O) groups is 1. The van der Waals surface area contributed by atoms with Crippen molar-refractivity contribution in [1.29, 1.82) is 10.5 Å². The van der Waals surface area contributed by atoms with Gasteiger partial charge in [0.2, 0.25) is 5.41 Å². The van der Waals surface area contributed by atoms with Gasteiger partial charge in [-0.3, -0.25) is 0 Å². The Hall–Kier alpha value is -3.25. The third-order valence-electron chi connectivity index (χ3n) is 4.93. The first-order chi connectivity index (χ1) is 15.8. The number of halogens is 8. The summed E-state index contributed by atoms with van der Waals surface area (Å²) >= 11 is 6.10. The lowest BCUT2D eigenvalue weighted by Crippen LogP contribution is -2.54. The summed E-state index contributed by atoms with van der Waals surface area (Å²) in [6.07, 6.45) is -6.77. The van der Waals surface area contributed by atoms with E-state index in [1.165, 1.54) is 51.1 Å². The molecule has 5 nitrogen and oxygen atoms in total. The van der Waals surface area contributed by atoms with E-state index >= 15 is 8.78 Å². The molecule has 2 rings (SSSR count). The standard InChI is InChI=1S/C22H17ClF7N3O2/c1-18(2,3)33-16-15(20(24,25)21(26,27)22(28,29)30)13(17(34)35-4)14(19(16,9-31)10-32)11-7-5-6-8-12(11)23/h5-8,33H,1-4H3. The molecule has 0 saturated heterocycles. The fourth-order valence-corrected chi connectivity index (χ4v) is 3.72. The summed E-state index contributed by atoms with van der Waals surface area (Å²) in [5.74, 6) is -14.6. The molecule has 1 aliphatic rings. The lowest BCUT2D eigenvalue weighted by Gasteiger charge is -2.33. The third-order valence-corrected chi connectivity index (χ3v) is 5.26. The van der Waals surface area contributed by atoms with Crippen LogP contribution >= 0.6 is 11.6 Å². The van der Waals surface area contributed by atoms with E-state index < -0.39 is 62.9 Å². The number of nitrogens with one attached hydrogen (secondary N) is 1. The van der Waals surface area contributed by atoms with Crippen LogP contribution in [0, 0.1) is 28.1 Å². The van der Waals surface area contributed by atoms with Gasteiger partial charge in [-0.1, -0.05) is 29.8 Å². The van der Waals surface area contributed by atoms with Gasteiger partial charge in [0.1, 0.15) is 0 Å². The molecule has 0 radical (unpaired) electrons. The monoisotopic (exact) mass is 523 g/mol. The number of nitriles is 2. The molecule has 13 heteroatoms. The number of hydrogen-bond acceptors (Lipinski definition) is 5. The number of rotatable bonds is 5. The summed E-state index contributed by atoms with van der Waals surface area (Å²) in [6, 6.07) is 7.70. The molecule has 0 saturated carbocycles. The molecule has 0 spiro atoms. The first kappa shape index (κ1) is 28.0. The van der Waals surface area contributed by atoms with E-state index in [1.54, 1.807) is 0 Å². The Morgan fingerprint density at radius 1 is 1.03 bits per heavy atom. The second-order valence-electron chi connectivity index (χ2n) is 8.47. The second kappa shape index (κ2) is 8.76. The number of alkyl halides is 7. The van der Waals surface area contributed by atoms with Crippen LogP contribution in [0.4, 0.5) is 30.7 Å². The molecule has 1 aliphatic carbocycles. The highest BCUT2D eigenvalue weighted by atomic mass is 35.5. The zero-order chi connectivity index (χ0) is 27.2. The number of allylic oxidation sites excluding steroid dienone is 1. The summed E-state index contributed by atoms with van der Waals surface area (Å²) in [5, 5.41) is 22.0. The van der Waals surface area contributed by atoms with Gasteiger partial charge in [0.15, 0.2) is 0 Å². The maximum Gasteiger partial charge on any atom is 0.460 e. The van der Waals surface area contributed by atoms with Gasteiger partial charge < -0.3 is 10.1 Å². The highest BCUT2D eigenvalue weighted by molar-refractivity contribution is 6.33. The number of methoxy groups -OCH3 is 1. The summed E-state index contributed by atoms with van der Waals surface area (Å²) in [6.45, 7) is 3.92. The smallest absolute Gasteiger partial charge is 0.460 e. The molecule has 35 heavy (non-hydrogen) atoms. The van der Waals surface area contributed by atoms with E-state index in [9.17, 15) is 37.3 Å². The van der Waals surface area contributed by atoms with E-state index in [4.69, 9.17) is 11.6 Å². The van der Waals surface area contributed by atoms with Crippen LogP contribution in [0.5, 0.6) is 0 Å². The Morgan fingerprint density at radius 3 is 1.94 bits per heavy atom. The number of benzene rings is 1. The molecule has 0 unspecified atom stereocenters. The Bertz CT molecular complexity index is 1190. The van der Waals surface area contributed by atoms with Crippen LogP contribution in [-0.2, 0) is 9.53 Å². The molecule has 1 N–H and O–H groups in total. The van der Waals surface area contributed by atoms with E-state index in [1.807, 2.05) is 0 Å². The van der Waals surface area contributed by atoms with Gasteiger partial charge in [-0.05, 0) is 26.8 Å². The SMILES string of the molecule is COC(=O)C1=C(c2ccccc2Cl)C(C#N)(C#N)C(NC(C)(C)C)=C1C(F)(F)C(F)(F)C(F)(F)F. The van der Waals surface area contributed by atoms with Crippen molar-refractivity contribution in [3.05, 3.63) is 51.7 Å². The van der Waals surface area contributed by atoms with E-state index in [2.05, 4.69) is 10.1 Å². The lowest BCUT2D eigenvalue weighted by atomic mass is 9.78. The lowest BCUT2D eigenvalue weighted by molar-refractivity contribution is -0.344. The largest absolute Gasteiger partial charge is 0.465 e. The maximum absolute atomic E-state index is 15.3. The minimum atomic E-state index is -6.77. The van der Waals surface area contributed by atoms with Crippen molar-refractivity contribution in [2.45, 2.75) is 44.3 Å². The molecular weight excluding hydrogens is 507 g/mol. The number of ether oxygens (including phenoxy) is 1. The van der Waals surface area contributed by atoms with Crippen LogP contribution < -0.4 is 5.32 Å². The molecule has 1 aromatic carbocycles. The molecule has 1 aromatic rings. The van der Waals surface area contributed by atoms with E-state index in [-0.39, 0.29) is 5.02 Å². The topological polar surface area (TPSA) is 85.9 Å². The molecule has 0 aliphatic heterocycles. The number of nitrogens with zero attached hydrogens (tertiary/aromatic N) is 2. The average Bonchev–Trinajstić information content (AvgIpc) is 3.01. The first-order valence-corrected chi connectivity index (χ1v) is 9.98. The minimum absolute atomic E-state index is 0.305. The Morgan fingerprint density at radius 2 is 1.54 bits per heavy atom. The Labute approximate surface area is 200 Å². The molecule has 0 bridgehead atoms. The van der Waals surface area contributed by atoms with E-state index in [0.717, 1.165) is 6.07 Å². The van der Waals surface area contributed by atoms with E-state index in [0.29, 0.717) is 7.11 Å². The van der Waals surface area contributed by atoms with Gasteiger partial charge in [0.25, 0.3) is 0 Å². The van der Waals surface area contributed by atoms with Crippen LogP contribution in [-0.4, -0.2) is 36.6 Å². The first-order valence-electron chi connectivity index (χ1n) is 9.60. The molecule has 0 amide bonds. The normalized spacial score (nSPS) is 16.6. The molecular formula is C22H17ClF7N3O2.